The van der Waals surface area contributed by atoms with Crippen molar-refractivity contribution in [3.8, 4) is 11.3 Å². The van der Waals surface area contributed by atoms with Crippen molar-refractivity contribution in [3.63, 3.8) is 0 Å². The number of rotatable bonds is 3. The van der Waals surface area contributed by atoms with E-state index < -0.39 is 0 Å². The van der Waals surface area contributed by atoms with Gasteiger partial charge in [0.05, 0.1) is 12.2 Å². The third-order valence-electron chi connectivity index (χ3n) is 5.14. The molecule has 1 aliphatic heterocycles. The van der Waals surface area contributed by atoms with Crippen molar-refractivity contribution in [2.45, 2.75) is 33.4 Å². The fourth-order valence-electron chi connectivity index (χ4n) is 3.63. The molecule has 0 bridgehead atoms. The second kappa shape index (κ2) is 7.28. The highest BCUT2D eigenvalue weighted by atomic mass is 35.5. The molecule has 2 aromatic heterocycles. The maximum atomic E-state index is 12.9. The molecule has 4 rings (SSSR count). The van der Waals surface area contributed by atoms with Crippen molar-refractivity contribution in [2.75, 3.05) is 6.54 Å². The molecule has 0 saturated heterocycles. The maximum absolute atomic E-state index is 12.9. The van der Waals surface area contributed by atoms with Gasteiger partial charge in [-0.15, -0.1) is 0 Å². The number of pyridine rings is 1. The lowest BCUT2D eigenvalue weighted by Crippen LogP contribution is -2.38. The molecule has 0 fully saturated rings. The molecule has 0 spiro atoms. The van der Waals surface area contributed by atoms with Gasteiger partial charge < -0.3 is 14.0 Å². The van der Waals surface area contributed by atoms with Gasteiger partial charge in [0.1, 0.15) is 6.54 Å². The largest absolute Gasteiger partial charge is 0.356 e. The van der Waals surface area contributed by atoms with E-state index in [1.807, 2.05) is 35.4 Å². The number of hydrogen-bond acceptors (Lipinski definition) is 4. The minimum atomic E-state index is -0.0432. The Labute approximate surface area is 167 Å². The van der Waals surface area contributed by atoms with Crippen LogP contribution in [0.25, 0.3) is 11.3 Å². The van der Waals surface area contributed by atoms with Crippen LogP contribution in [0.3, 0.4) is 0 Å². The Kier molecular flexibility index (Phi) is 4.81. The van der Waals surface area contributed by atoms with Crippen LogP contribution >= 0.6 is 11.6 Å². The van der Waals surface area contributed by atoms with Gasteiger partial charge in [-0.3, -0.25) is 9.59 Å². The van der Waals surface area contributed by atoms with Gasteiger partial charge in [0.15, 0.2) is 11.2 Å². The van der Waals surface area contributed by atoms with Gasteiger partial charge in [0.25, 0.3) is 0 Å². The van der Waals surface area contributed by atoms with Gasteiger partial charge in [-0.2, -0.15) is 0 Å². The third-order valence-corrected chi connectivity index (χ3v) is 5.40. The summed E-state index contributed by atoms with van der Waals surface area (Å²) in [7, 11) is 0. The number of nitrogens with zero attached hydrogens (tertiary/aromatic N) is 3. The highest BCUT2D eigenvalue weighted by molar-refractivity contribution is 6.30. The molecule has 28 heavy (non-hydrogen) atoms. The first-order chi connectivity index (χ1) is 13.4. The second-order valence-corrected chi connectivity index (χ2v) is 7.51. The van der Waals surface area contributed by atoms with E-state index in [1.54, 1.807) is 24.3 Å². The minimum Gasteiger partial charge on any atom is -0.356 e. The number of fused-ring (bicyclic) bond motifs is 1. The van der Waals surface area contributed by atoms with Gasteiger partial charge in [0, 0.05) is 52.6 Å². The van der Waals surface area contributed by atoms with Gasteiger partial charge in [-0.05, 0) is 38.1 Å². The molecule has 0 radical (unpaired) electrons. The molecular formula is C21H20ClN3O3. The molecule has 1 aromatic carbocycles. The first-order valence-electron chi connectivity index (χ1n) is 9.11. The first kappa shape index (κ1) is 18.5. The monoisotopic (exact) mass is 397 g/mol. The van der Waals surface area contributed by atoms with Gasteiger partial charge in [-0.25, -0.2) is 0 Å². The van der Waals surface area contributed by atoms with Gasteiger partial charge >= 0.3 is 0 Å². The normalized spacial score (nSPS) is 13.5. The smallest absolute Gasteiger partial charge is 0.242 e. The van der Waals surface area contributed by atoms with Crippen molar-refractivity contribution in [1.82, 2.24) is 14.6 Å². The second-order valence-electron chi connectivity index (χ2n) is 7.07. The maximum Gasteiger partial charge on any atom is 0.242 e. The highest BCUT2D eigenvalue weighted by Gasteiger charge is 2.27. The van der Waals surface area contributed by atoms with Crippen LogP contribution in [0.4, 0.5) is 0 Å². The van der Waals surface area contributed by atoms with Crippen molar-refractivity contribution in [2.24, 2.45) is 0 Å². The van der Waals surface area contributed by atoms with Crippen LogP contribution in [-0.4, -0.2) is 27.1 Å². The number of aromatic nitrogens is 2. The van der Waals surface area contributed by atoms with Crippen molar-refractivity contribution < 1.29 is 9.32 Å². The molecule has 1 aliphatic rings. The molecule has 144 valence electrons. The number of aryl methyl sites for hydroxylation is 2. The number of amides is 1. The SMILES string of the molecule is Cc1cc(=O)cc(C)n1CC(=O)N1CCc2noc(-c3ccc(Cl)cc3)c2C1. The molecule has 0 atom stereocenters. The van der Waals surface area contributed by atoms with Crippen LogP contribution in [0, 0.1) is 13.8 Å². The number of carbonyl (C=O) groups excluding carboxylic acids is 1. The molecule has 3 heterocycles. The van der Waals surface area contributed by atoms with Crippen LogP contribution in [-0.2, 0) is 24.3 Å². The average molecular weight is 398 g/mol. The van der Waals surface area contributed by atoms with Crippen LogP contribution < -0.4 is 5.43 Å². The summed E-state index contributed by atoms with van der Waals surface area (Å²) < 4.78 is 7.44. The summed E-state index contributed by atoms with van der Waals surface area (Å²) in [5, 5.41) is 4.84. The number of carbonyl (C=O) groups is 1. The summed E-state index contributed by atoms with van der Waals surface area (Å²) in [5.41, 5.74) is 4.24. The lowest BCUT2D eigenvalue weighted by atomic mass is 10.0. The molecule has 0 unspecified atom stereocenters. The Hall–Kier alpha value is -2.86. The topological polar surface area (TPSA) is 68.3 Å². The standard InChI is InChI=1S/C21H20ClN3O3/c1-13-9-17(26)10-14(2)25(13)12-20(27)24-8-7-19-18(11-24)21(28-23-19)15-3-5-16(22)6-4-15/h3-6,9-10H,7-8,11-12H2,1-2H3. The Balaban J connectivity index is 1.57. The summed E-state index contributed by atoms with van der Waals surface area (Å²) in [6.45, 7) is 4.93. The summed E-state index contributed by atoms with van der Waals surface area (Å²) >= 11 is 5.97. The van der Waals surface area contributed by atoms with Crippen LogP contribution in [0.5, 0.6) is 0 Å². The summed E-state index contributed by atoms with van der Waals surface area (Å²) in [4.78, 5) is 26.4. The van der Waals surface area contributed by atoms with E-state index in [0.717, 1.165) is 28.2 Å². The Morgan fingerprint density at radius 3 is 2.54 bits per heavy atom. The van der Waals surface area contributed by atoms with Crippen LogP contribution in [0.2, 0.25) is 5.02 Å². The zero-order chi connectivity index (χ0) is 19.8. The van der Waals surface area contributed by atoms with Gasteiger partial charge in [0.2, 0.25) is 5.91 Å². The Bertz CT molecular complexity index is 1070. The van der Waals surface area contributed by atoms with Gasteiger partial charge in [-0.1, -0.05) is 16.8 Å². The molecular weight excluding hydrogens is 378 g/mol. The van der Waals surface area contributed by atoms with E-state index >= 15 is 0 Å². The lowest BCUT2D eigenvalue weighted by molar-refractivity contribution is -0.132. The molecule has 0 N–H and O–H groups in total. The average Bonchev–Trinajstić information content (AvgIpc) is 3.08. The van der Waals surface area contributed by atoms with Crippen molar-refractivity contribution in [3.05, 3.63) is 74.3 Å². The van der Waals surface area contributed by atoms with E-state index in [1.165, 1.54) is 0 Å². The predicted molar refractivity (Wildman–Crippen MR) is 106 cm³/mol. The minimum absolute atomic E-state index is 0.00348. The lowest BCUT2D eigenvalue weighted by Gasteiger charge is -2.27. The zero-order valence-corrected chi connectivity index (χ0v) is 16.5. The Morgan fingerprint density at radius 1 is 1.18 bits per heavy atom. The third kappa shape index (κ3) is 3.47. The van der Waals surface area contributed by atoms with Crippen LogP contribution in [0.1, 0.15) is 22.6 Å². The van der Waals surface area contributed by atoms with E-state index in [0.29, 0.717) is 30.3 Å². The predicted octanol–water partition coefficient (Wildman–Crippen LogP) is 3.36. The molecule has 7 heteroatoms. The first-order valence-corrected chi connectivity index (χ1v) is 9.49. The fraction of sp³-hybridized carbons (Fsp3) is 0.286. The summed E-state index contributed by atoms with van der Waals surface area (Å²) in [5.74, 6) is 0.684. The van der Waals surface area contributed by atoms with Crippen molar-refractivity contribution in [1.29, 1.82) is 0 Å². The van der Waals surface area contributed by atoms with E-state index in [9.17, 15) is 9.59 Å². The molecule has 0 saturated carbocycles. The fourth-order valence-corrected chi connectivity index (χ4v) is 3.75. The number of benzene rings is 1. The summed E-state index contributed by atoms with van der Waals surface area (Å²) in [6.07, 6.45) is 0.653. The van der Waals surface area contributed by atoms with E-state index in [4.69, 9.17) is 16.1 Å². The zero-order valence-electron chi connectivity index (χ0n) is 15.7. The molecule has 6 nitrogen and oxygen atoms in total. The molecule has 0 aliphatic carbocycles. The summed E-state index contributed by atoms with van der Waals surface area (Å²) in [6, 6.07) is 10.5. The van der Waals surface area contributed by atoms with E-state index in [-0.39, 0.29) is 17.9 Å². The highest BCUT2D eigenvalue weighted by Crippen LogP contribution is 2.31. The quantitative estimate of drug-likeness (QED) is 0.679. The van der Waals surface area contributed by atoms with E-state index in [2.05, 4.69) is 5.16 Å². The molecule has 3 aromatic rings. The number of hydrogen-bond donors (Lipinski definition) is 0. The van der Waals surface area contributed by atoms with Crippen LogP contribution in [0.15, 0.2) is 45.7 Å². The van der Waals surface area contributed by atoms with Crippen molar-refractivity contribution >= 4 is 17.5 Å². The Morgan fingerprint density at radius 2 is 1.86 bits per heavy atom. The number of halogens is 1. The molecule has 1 amide bonds.